The number of nitrogens with zero attached hydrogens (tertiary/aromatic N) is 1. The lowest BCUT2D eigenvalue weighted by Crippen LogP contribution is -2.39. The highest BCUT2D eigenvalue weighted by Gasteiger charge is 2.31. The molecule has 94 valence electrons. The topological polar surface area (TPSA) is 23.5 Å². The Morgan fingerprint density at radius 1 is 1.35 bits per heavy atom. The Hall–Kier alpha value is -0.570. The number of aliphatic hydroxyl groups excluding tert-OH is 1. The van der Waals surface area contributed by atoms with Crippen molar-refractivity contribution in [3.05, 3.63) is 34.9 Å². The normalized spacial score (nSPS) is 26.4. The van der Waals surface area contributed by atoms with Gasteiger partial charge in [-0.05, 0) is 44.9 Å². The molecule has 2 nitrogen and oxygen atoms in total. The fourth-order valence-corrected chi connectivity index (χ4v) is 3.01. The summed E-state index contributed by atoms with van der Waals surface area (Å²) in [7, 11) is 2.08. The van der Waals surface area contributed by atoms with E-state index in [1.807, 2.05) is 18.2 Å². The van der Waals surface area contributed by atoms with Gasteiger partial charge < -0.3 is 5.11 Å². The van der Waals surface area contributed by atoms with Gasteiger partial charge in [-0.3, -0.25) is 4.90 Å². The monoisotopic (exact) mass is 253 g/mol. The minimum Gasteiger partial charge on any atom is -0.391 e. The molecule has 0 radical (unpaired) electrons. The SMILES string of the molecule is CC(c1ccccc1Cl)N(C)C1CCCC1O. The lowest BCUT2D eigenvalue weighted by molar-refractivity contribution is 0.0655. The van der Waals surface area contributed by atoms with Crippen molar-refractivity contribution >= 4 is 11.6 Å². The standard InChI is InChI=1S/C14H20ClNO/c1-10(11-6-3-4-7-12(11)15)16(2)13-8-5-9-14(13)17/h3-4,6-7,10,13-14,17H,5,8-9H2,1-2H3. The van der Waals surface area contributed by atoms with Crippen LogP contribution in [0.15, 0.2) is 24.3 Å². The first-order chi connectivity index (χ1) is 8.11. The smallest absolute Gasteiger partial charge is 0.0695 e. The molecular formula is C14H20ClNO. The molecule has 0 aromatic heterocycles. The summed E-state index contributed by atoms with van der Waals surface area (Å²) in [5.41, 5.74) is 1.13. The predicted octanol–water partition coefficient (Wildman–Crippen LogP) is 3.25. The number of likely N-dealkylation sites (N-methyl/N-ethyl adjacent to an activating group) is 1. The van der Waals surface area contributed by atoms with E-state index in [0.29, 0.717) is 0 Å². The molecule has 1 aromatic rings. The van der Waals surface area contributed by atoms with Gasteiger partial charge in [0.2, 0.25) is 0 Å². The largest absolute Gasteiger partial charge is 0.391 e. The van der Waals surface area contributed by atoms with Crippen LogP contribution < -0.4 is 0 Å². The summed E-state index contributed by atoms with van der Waals surface area (Å²) in [6.45, 7) is 2.15. The average Bonchev–Trinajstić information content (AvgIpc) is 2.74. The molecular weight excluding hydrogens is 234 g/mol. The van der Waals surface area contributed by atoms with Gasteiger partial charge in [-0.1, -0.05) is 29.8 Å². The van der Waals surface area contributed by atoms with Gasteiger partial charge in [-0.25, -0.2) is 0 Å². The van der Waals surface area contributed by atoms with E-state index in [2.05, 4.69) is 24.9 Å². The molecule has 0 heterocycles. The Kier molecular flexibility index (Phi) is 4.08. The number of halogens is 1. The first kappa shape index (κ1) is 12.9. The Balaban J connectivity index is 2.14. The van der Waals surface area contributed by atoms with Crippen molar-refractivity contribution in [2.75, 3.05) is 7.05 Å². The summed E-state index contributed by atoms with van der Waals surface area (Å²) in [6, 6.07) is 8.44. The van der Waals surface area contributed by atoms with Crippen molar-refractivity contribution in [1.82, 2.24) is 4.90 Å². The van der Waals surface area contributed by atoms with Crippen LogP contribution >= 0.6 is 11.6 Å². The molecule has 2 rings (SSSR count). The number of benzene rings is 1. The van der Waals surface area contributed by atoms with Crippen LogP contribution in [-0.2, 0) is 0 Å². The molecule has 0 saturated heterocycles. The zero-order valence-electron chi connectivity index (χ0n) is 10.4. The summed E-state index contributed by atoms with van der Waals surface area (Å²) in [5, 5.41) is 10.8. The number of hydrogen-bond acceptors (Lipinski definition) is 2. The highest BCUT2D eigenvalue weighted by Crippen LogP contribution is 2.32. The first-order valence-electron chi connectivity index (χ1n) is 6.25. The number of hydrogen-bond donors (Lipinski definition) is 1. The summed E-state index contributed by atoms with van der Waals surface area (Å²) in [6.07, 6.45) is 2.92. The minimum absolute atomic E-state index is 0.190. The molecule has 1 aromatic carbocycles. The summed E-state index contributed by atoms with van der Waals surface area (Å²) < 4.78 is 0. The van der Waals surface area contributed by atoms with Crippen LogP contribution in [0.5, 0.6) is 0 Å². The van der Waals surface area contributed by atoms with Crippen LogP contribution in [0.1, 0.15) is 37.8 Å². The third-order valence-electron chi connectivity index (χ3n) is 3.93. The molecule has 1 aliphatic rings. The Morgan fingerprint density at radius 2 is 2.06 bits per heavy atom. The Labute approximate surface area is 108 Å². The van der Waals surface area contributed by atoms with E-state index in [1.165, 1.54) is 0 Å². The highest BCUT2D eigenvalue weighted by molar-refractivity contribution is 6.31. The second-order valence-corrected chi connectivity index (χ2v) is 5.34. The molecule has 17 heavy (non-hydrogen) atoms. The maximum atomic E-state index is 9.95. The second-order valence-electron chi connectivity index (χ2n) is 4.93. The fourth-order valence-electron chi connectivity index (χ4n) is 2.72. The molecule has 3 unspecified atom stereocenters. The molecule has 0 aliphatic heterocycles. The van der Waals surface area contributed by atoms with E-state index in [4.69, 9.17) is 11.6 Å². The van der Waals surface area contributed by atoms with Crippen LogP contribution in [0.2, 0.25) is 5.02 Å². The van der Waals surface area contributed by atoms with Crippen molar-refractivity contribution in [2.24, 2.45) is 0 Å². The predicted molar refractivity (Wildman–Crippen MR) is 71.3 cm³/mol. The van der Waals surface area contributed by atoms with E-state index < -0.39 is 0 Å². The lowest BCUT2D eigenvalue weighted by Gasteiger charge is -2.33. The van der Waals surface area contributed by atoms with Gasteiger partial charge in [0.1, 0.15) is 0 Å². The van der Waals surface area contributed by atoms with Gasteiger partial charge in [0, 0.05) is 17.1 Å². The van der Waals surface area contributed by atoms with Gasteiger partial charge in [0.05, 0.1) is 6.10 Å². The molecule has 1 saturated carbocycles. The van der Waals surface area contributed by atoms with E-state index in [9.17, 15) is 5.11 Å². The number of rotatable bonds is 3. The van der Waals surface area contributed by atoms with E-state index >= 15 is 0 Å². The van der Waals surface area contributed by atoms with Crippen LogP contribution in [0.25, 0.3) is 0 Å². The van der Waals surface area contributed by atoms with E-state index in [0.717, 1.165) is 29.8 Å². The summed E-state index contributed by atoms with van der Waals surface area (Å²) >= 11 is 6.22. The highest BCUT2D eigenvalue weighted by atomic mass is 35.5. The molecule has 0 spiro atoms. The maximum absolute atomic E-state index is 9.95. The summed E-state index contributed by atoms with van der Waals surface area (Å²) in [5.74, 6) is 0. The van der Waals surface area contributed by atoms with Crippen molar-refractivity contribution in [1.29, 1.82) is 0 Å². The van der Waals surface area contributed by atoms with Crippen molar-refractivity contribution in [3.8, 4) is 0 Å². The van der Waals surface area contributed by atoms with Crippen LogP contribution in [0.4, 0.5) is 0 Å². The van der Waals surface area contributed by atoms with Gasteiger partial charge >= 0.3 is 0 Å². The maximum Gasteiger partial charge on any atom is 0.0695 e. The lowest BCUT2D eigenvalue weighted by atomic mass is 10.0. The molecule has 3 heteroatoms. The zero-order valence-corrected chi connectivity index (χ0v) is 11.2. The van der Waals surface area contributed by atoms with Crippen molar-refractivity contribution < 1.29 is 5.11 Å². The van der Waals surface area contributed by atoms with Crippen molar-refractivity contribution in [2.45, 2.75) is 44.4 Å². The quantitative estimate of drug-likeness (QED) is 0.894. The third kappa shape index (κ3) is 2.65. The Bertz CT molecular complexity index is 382. The molecule has 3 atom stereocenters. The summed E-state index contributed by atoms with van der Waals surface area (Å²) in [4.78, 5) is 2.25. The van der Waals surface area contributed by atoms with Crippen LogP contribution in [-0.4, -0.2) is 29.2 Å². The second kappa shape index (κ2) is 5.38. The molecule has 0 bridgehead atoms. The van der Waals surface area contributed by atoms with Gasteiger partial charge in [-0.15, -0.1) is 0 Å². The third-order valence-corrected chi connectivity index (χ3v) is 4.28. The Morgan fingerprint density at radius 3 is 2.65 bits per heavy atom. The van der Waals surface area contributed by atoms with Crippen molar-refractivity contribution in [3.63, 3.8) is 0 Å². The number of aliphatic hydroxyl groups is 1. The van der Waals surface area contributed by atoms with E-state index in [-0.39, 0.29) is 18.2 Å². The van der Waals surface area contributed by atoms with E-state index in [1.54, 1.807) is 0 Å². The fraction of sp³-hybridized carbons (Fsp3) is 0.571. The van der Waals surface area contributed by atoms with Crippen LogP contribution in [0.3, 0.4) is 0 Å². The first-order valence-corrected chi connectivity index (χ1v) is 6.63. The zero-order chi connectivity index (χ0) is 12.4. The molecule has 1 fully saturated rings. The molecule has 1 N–H and O–H groups in total. The van der Waals surface area contributed by atoms with Gasteiger partial charge in [0.15, 0.2) is 0 Å². The molecule has 1 aliphatic carbocycles. The molecule has 0 amide bonds. The minimum atomic E-state index is -0.190. The average molecular weight is 254 g/mol. The van der Waals surface area contributed by atoms with Gasteiger partial charge in [-0.2, -0.15) is 0 Å². The van der Waals surface area contributed by atoms with Gasteiger partial charge in [0.25, 0.3) is 0 Å². The van der Waals surface area contributed by atoms with Crippen LogP contribution in [0, 0.1) is 0 Å².